The van der Waals surface area contributed by atoms with Gasteiger partial charge in [-0.2, -0.15) is 0 Å². The molecule has 6 atom stereocenters. The number of rotatable bonds is 13. The number of carbonyl (C=O) groups excluding carboxylic acids is 2. The van der Waals surface area contributed by atoms with Crippen LogP contribution in [0.25, 0.3) is 0 Å². The smallest absolute Gasteiger partial charge is 0.239 e. The average molecular weight is 635 g/mol. The number of amides is 2. The normalized spacial score (nSPS) is 23.8. The van der Waals surface area contributed by atoms with Crippen molar-refractivity contribution in [1.29, 1.82) is 0 Å². The van der Waals surface area contributed by atoms with Crippen LogP contribution in [0.15, 0.2) is 30.3 Å². The number of benzene rings is 1. The van der Waals surface area contributed by atoms with Gasteiger partial charge in [0.2, 0.25) is 11.8 Å². The molecule has 0 aromatic heterocycles. The van der Waals surface area contributed by atoms with Crippen LogP contribution in [0.1, 0.15) is 86.1 Å². The lowest BCUT2D eigenvalue weighted by Crippen LogP contribution is -2.63. The van der Waals surface area contributed by atoms with Crippen molar-refractivity contribution in [2.75, 3.05) is 25.9 Å². The molecule has 250 valence electrons. The fraction of sp³-hybridized carbons (Fsp3) is 0.765. The average Bonchev–Trinajstić information content (AvgIpc) is 2.91. The Hall–Kier alpha value is -2.01. The number of β-amino-alcohol motifs (C(OH)–C–C–N with tert-alkyl or cyclic N) is 1. The lowest BCUT2D eigenvalue weighted by molar-refractivity contribution is -0.133. The molecule has 4 N–H and O–H groups in total. The molecular weight excluding hydrogens is 576 g/mol. The molecule has 0 bridgehead atoms. The summed E-state index contributed by atoms with van der Waals surface area (Å²) in [7, 11) is -3.61. The Balaban J connectivity index is 1.90. The van der Waals surface area contributed by atoms with Crippen LogP contribution in [-0.4, -0.2) is 90.6 Å². The third-order valence-electron chi connectivity index (χ3n) is 9.46. The van der Waals surface area contributed by atoms with E-state index in [1.165, 1.54) is 12.8 Å². The first-order valence-corrected chi connectivity index (χ1v) is 18.3. The van der Waals surface area contributed by atoms with Gasteiger partial charge in [0.15, 0.2) is 9.84 Å². The van der Waals surface area contributed by atoms with Crippen molar-refractivity contribution in [2.24, 2.45) is 17.8 Å². The van der Waals surface area contributed by atoms with E-state index in [1.807, 2.05) is 65.0 Å². The van der Waals surface area contributed by atoms with Gasteiger partial charge in [-0.15, -0.1) is 0 Å². The molecule has 2 fully saturated rings. The highest BCUT2D eigenvalue weighted by Gasteiger charge is 2.45. The summed E-state index contributed by atoms with van der Waals surface area (Å²) in [6.45, 7) is 14.5. The van der Waals surface area contributed by atoms with Crippen molar-refractivity contribution in [2.45, 2.75) is 122 Å². The van der Waals surface area contributed by atoms with Crippen LogP contribution in [0.4, 0.5) is 0 Å². The molecule has 2 aliphatic rings. The molecule has 6 unspecified atom stereocenters. The van der Waals surface area contributed by atoms with Crippen LogP contribution < -0.4 is 16.0 Å². The second-order valence-electron chi connectivity index (χ2n) is 15.2. The first kappa shape index (κ1) is 36.5. The molecule has 1 aliphatic heterocycles. The number of carbonyl (C=O) groups is 2. The maximum Gasteiger partial charge on any atom is 0.239 e. The molecule has 9 nitrogen and oxygen atoms in total. The van der Waals surface area contributed by atoms with E-state index in [0.717, 1.165) is 37.6 Å². The minimum atomic E-state index is -3.61. The number of nitrogens with zero attached hydrogens (tertiary/aromatic N) is 1. The Labute approximate surface area is 266 Å². The van der Waals surface area contributed by atoms with E-state index in [9.17, 15) is 23.1 Å². The predicted octanol–water partition coefficient (Wildman–Crippen LogP) is 3.31. The van der Waals surface area contributed by atoms with E-state index in [0.29, 0.717) is 24.8 Å². The standard InChI is InChI=1S/C34H58N4O5S/c1-23(2)20-35-30(34(6,7)44(8,42)43)32(41)36-27(18-24-14-10-9-11-15-24)29(39)22-38-21-26-17-13-12-16-25(26)19-28(38)31(40)37-33(3,4)5/h9-11,14-15,23,25-30,35,39H,12-13,16-22H2,1-8H3,(H,36,41)(H,37,40). The highest BCUT2D eigenvalue weighted by Crippen LogP contribution is 2.39. The summed E-state index contributed by atoms with van der Waals surface area (Å²) < 4.78 is 24.3. The number of fused-ring (bicyclic) bond motifs is 1. The lowest BCUT2D eigenvalue weighted by Gasteiger charge is -2.47. The van der Waals surface area contributed by atoms with Gasteiger partial charge >= 0.3 is 0 Å². The van der Waals surface area contributed by atoms with Gasteiger partial charge in [0.05, 0.1) is 22.9 Å². The van der Waals surface area contributed by atoms with E-state index >= 15 is 0 Å². The van der Waals surface area contributed by atoms with Crippen molar-refractivity contribution in [1.82, 2.24) is 20.9 Å². The fourth-order valence-corrected chi connectivity index (χ4v) is 7.25. The number of aliphatic hydroxyl groups excluding tert-OH is 1. The summed E-state index contributed by atoms with van der Waals surface area (Å²) in [5, 5.41) is 21.2. The number of hydrogen-bond donors (Lipinski definition) is 4. The quantitative estimate of drug-likeness (QED) is 0.262. The van der Waals surface area contributed by atoms with Gasteiger partial charge in [0.1, 0.15) is 6.04 Å². The zero-order chi connectivity index (χ0) is 32.9. The van der Waals surface area contributed by atoms with Crippen LogP contribution in [0.3, 0.4) is 0 Å². The number of aliphatic hydroxyl groups is 1. The first-order valence-electron chi connectivity index (χ1n) is 16.4. The van der Waals surface area contributed by atoms with E-state index in [4.69, 9.17) is 0 Å². The van der Waals surface area contributed by atoms with Crippen LogP contribution in [0.5, 0.6) is 0 Å². The topological polar surface area (TPSA) is 128 Å². The number of piperidine rings is 1. The molecule has 1 aliphatic carbocycles. The molecule has 10 heteroatoms. The maximum absolute atomic E-state index is 13.9. The second kappa shape index (κ2) is 15.1. The number of nitrogens with one attached hydrogen (secondary N) is 3. The van der Waals surface area contributed by atoms with Gasteiger partial charge in [0, 0.05) is 24.9 Å². The molecule has 1 saturated heterocycles. The third-order valence-corrected chi connectivity index (χ3v) is 11.6. The second-order valence-corrected chi connectivity index (χ2v) is 17.8. The predicted molar refractivity (Wildman–Crippen MR) is 177 cm³/mol. The van der Waals surface area contributed by atoms with Gasteiger partial charge in [-0.3, -0.25) is 14.5 Å². The Morgan fingerprint density at radius 3 is 2.20 bits per heavy atom. The molecule has 0 spiro atoms. The Bertz CT molecular complexity index is 1200. The summed E-state index contributed by atoms with van der Waals surface area (Å²) in [5.74, 6) is 0.695. The van der Waals surface area contributed by atoms with Gasteiger partial charge in [0.25, 0.3) is 0 Å². The van der Waals surface area contributed by atoms with Crippen molar-refractivity contribution in [3.8, 4) is 0 Å². The van der Waals surface area contributed by atoms with Crippen LogP contribution in [0, 0.1) is 17.8 Å². The molecule has 2 amide bonds. The Morgan fingerprint density at radius 2 is 1.64 bits per heavy atom. The zero-order valence-corrected chi connectivity index (χ0v) is 29.0. The molecule has 0 radical (unpaired) electrons. The van der Waals surface area contributed by atoms with Gasteiger partial charge in [-0.05, 0) is 83.7 Å². The lowest BCUT2D eigenvalue weighted by atomic mass is 9.72. The van der Waals surface area contributed by atoms with Crippen LogP contribution in [0.2, 0.25) is 0 Å². The molecule has 1 aromatic carbocycles. The first-order chi connectivity index (χ1) is 20.4. The molecule has 1 heterocycles. The third kappa shape index (κ3) is 9.99. The molecule has 1 aromatic rings. The summed E-state index contributed by atoms with van der Waals surface area (Å²) in [6.07, 6.45) is 5.92. The zero-order valence-electron chi connectivity index (χ0n) is 28.2. The van der Waals surface area contributed by atoms with Crippen LogP contribution in [-0.2, 0) is 25.8 Å². The van der Waals surface area contributed by atoms with Crippen molar-refractivity contribution < 1.29 is 23.1 Å². The maximum atomic E-state index is 13.9. The van der Waals surface area contributed by atoms with E-state index in [2.05, 4.69) is 20.9 Å². The van der Waals surface area contributed by atoms with Crippen molar-refractivity contribution in [3.05, 3.63) is 35.9 Å². The van der Waals surface area contributed by atoms with E-state index in [-0.39, 0.29) is 30.0 Å². The summed E-state index contributed by atoms with van der Waals surface area (Å²) in [4.78, 5) is 29.6. The Kier molecular flexibility index (Phi) is 12.5. The molecule has 3 rings (SSSR count). The summed E-state index contributed by atoms with van der Waals surface area (Å²) in [5.41, 5.74) is 0.567. The molecule has 1 saturated carbocycles. The van der Waals surface area contributed by atoms with E-state index in [1.54, 1.807) is 13.8 Å². The highest BCUT2D eigenvalue weighted by molar-refractivity contribution is 7.92. The highest BCUT2D eigenvalue weighted by atomic mass is 32.2. The fourth-order valence-electron chi connectivity index (χ4n) is 6.63. The minimum Gasteiger partial charge on any atom is -0.390 e. The molecule has 44 heavy (non-hydrogen) atoms. The largest absolute Gasteiger partial charge is 0.390 e. The Morgan fingerprint density at radius 1 is 1.02 bits per heavy atom. The van der Waals surface area contributed by atoms with Gasteiger partial charge in [-0.1, -0.05) is 63.4 Å². The van der Waals surface area contributed by atoms with Crippen molar-refractivity contribution >= 4 is 21.7 Å². The van der Waals surface area contributed by atoms with E-state index < -0.39 is 38.7 Å². The molecular formula is C34H58N4O5S. The van der Waals surface area contributed by atoms with Gasteiger partial charge < -0.3 is 21.1 Å². The summed E-state index contributed by atoms with van der Waals surface area (Å²) in [6, 6.07) is 7.58. The number of sulfone groups is 1. The number of hydrogen-bond acceptors (Lipinski definition) is 7. The SMILES string of the molecule is CC(C)CNC(C(=O)NC(Cc1ccccc1)C(O)CN1CC2CCCCC2CC1C(=O)NC(C)(C)C)C(C)(C)S(C)(=O)=O. The van der Waals surface area contributed by atoms with Gasteiger partial charge in [-0.25, -0.2) is 8.42 Å². The minimum absolute atomic E-state index is 0.0229. The van der Waals surface area contributed by atoms with Crippen LogP contribution >= 0.6 is 0 Å². The monoisotopic (exact) mass is 634 g/mol. The van der Waals surface area contributed by atoms with Crippen molar-refractivity contribution in [3.63, 3.8) is 0 Å². The summed E-state index contributed by atoms with van der Waals surface area (Å²) >= 11 is 0. The number of likely N-dealkylation sites (tertiary alicyclic amines) is 1.